The van der Waals surface area contributed by atoms with Crippen molar-refractivity contribution in [2.75, 3.05) is 0 Å². The quantitative estimate of drug-likeness (QED) is 0.554. The Labute approximate surface area is 87.9 Å². The third-order valence-electron chi connectivity index (χ3n) is 1.19. The Morgan fingerprint density at radius 1 is 1.40 bits per heavy atom. The second-order valence-electron chi connectivity index (χ2n) is 2.03. The molecular weight excluding hydrogens is 352 g/mol. The van der Waals surface area contributed by atoms with Gasteiger partial charge in [0.2, 0.25) is 0 Å². The highest BCUT2D eigenvalue weighted by molar-refractivity contribution is 14.2. The van der Waals surface area contributed by atoms with Crippen LogP contribution in [0.25, 0.3) is 0 Å². The van der Waals surface area contributed by atoms with Crippen LogP contribution in [0.2, 0.25) is 0 Å². The zero-order chi connectivity index (χ0) is 7.56. The minimum atomic E-state index is 0.531. The van der Waals surface area contributed by atoms with Crippen molar-refractivity contribution in [2.45, 2.75) is 8.86 Å². The maximum atomic E-state index is 4.19. The van der Waals surface area contributed by atoms with Crippen molar-refractivity contribution in [2.24, 2.45) is 0 Å². The summed E-state index contributed by atoms with van der Waals surface area (Å²) in [6.07, 6.45) is 1.93. The standard InChI is InChI=1S/C7H7I2N/c1-5-2-3-6(4-10-5)7(8)9/h2-4,7H,1H3. The molecule has 0 aliphatic heterocycles. The van der Waals surface area contributed by atoms with Crippen molar-refractivity contribution in [3.63, 3.8) is 0 Å². The predicted octanol–water partition coefficient (Wildman–Crippen LogP) is 3.26. The number of aryl methyl sites for hydroxylation is 1. The van der Waals surface area contributed by atoms with Crippen LogP contribution in [0.4, 0.5) is 0 Å². The molecule has 0 amide bonds. The van der Waals surface area contributed by atoms with E-state index in [4.69, 9.17) is 0 Å². The number of nitrogens with zero attached hydrogens (tertiary/aromatic N) is 1. The zero-order valence-electron chi connectivity index (χ0n) is 5.51. The second kappa shape index (κ2) is 3.85. The minimum absolute atomic E-state index is 0.531. The smallest absolute Gasteiger partial charge is 0.0889 e. The molecule has 0 radical (unpaired) electrons. The molecule has 0 spiro atoms. The van der Waals surface area contributed by atoms with E-state index in [1.54, 1.807) is 0 Å². The van der Waals surface area contributed by atoms with E-state index >= 15 is 0 Å². The monoisotopic (exact) mass is 359 g/mol. The average molecular weight is 359 g/mol. The number of pyridine rings is 1. The van der Waals surface area contributed by atoms with E-state index in [1.165, 1.54) is 5.56 Å². The first-order valence-corrected chi connectivity index (χ1v) is 5.40. The van der Waals surface area contributed by atoms with Gasteiger partial charge in [0, 0.05) is 11.9 Å². The molecule has 0 atom stereocenters. The molecule has 0 fully saturated rings. The summed E-state index contributed by atoms with van der Waals surface area (Å²) < 4.78 is 0.531. The molecule has 0 saturated carbocycles. The summed E-state index contributed by atoms with van der Waals surface area (Å²) in [4.78, 5) is 4.19. The third-order valence-corrected chi connectivity index (χ3v) is 2.62. The molecule has 54 valence electrons. The maximum absolute atomic E-state index is 4.19. The predicted molar refractivity (Wildman–Crippen MR) is 59.8 cm³/mol. The van der Waals surface area contributed by atoms with Crippen molar-refractivity contribution >= 4 is 45.2 Å². The van der Waals surface area contributed by atoms with Crippen LogP contribution in [0.15, 0.2) is 18.3 Å². The fourth-order valence-corrected chi connectivity index (χ4v) is 1.35. The second-order valence-corrected chi connectivity index (χ2v) is 6.91. The summed E-state index contributed by atoms with van der Waals surface area (Å²) in [5.74, 6) is 0. The van der Waals surface area contributed by atoms with Gasteiger partial charge in [-0.1, -0.05) is 51.2 Å². The van der Waals surface area contributed by atoms with Crippen LogP contribution in [0.1, 0.15) is 13.2 Å². The fourth-order valence-electron chi connectivity index (χ4n) is 0.608. The number of halogens is 2. The van der Waals surface area contributed by atoms with E-state index in [-0.39, 0.29) is 0 Å². The first-order chi connectivity index (χ1) is 4.70. The van der Waals surface area contributed by atoms with Crippen LogP contribution in [0.3, 0.4) is 0 Å². The molecule has 0 aromatic carbocycles. The Morgan fingerprint density at radius 3 is 2.50 bits per heavy atom. The fraction of sp³-hybridized carbons (Fsp3) is 0.286. The molecule has 1 aromatic heterocycles. The molecule has 0 aliphatic rings. The molecule has 0 N–H and O–H groups in total. The molecule has 10 heavy (non-hydrogen) atoms. The van der Waals surface area contributed by atoms with Crippen molar-refractivity contribution in [1.29, 1.82) is 0 Å². The number of hydrogen-bond donors (Lipinski definition) is 0. The van der Waals surface area contributed by atoms with Gasteiger partial charge < -0.3 is 0 Å². The highest BCUT2D eigenvalue weighted by atomic mass is 127. The van der Waals surface area contributed by atoms with Crippen molar-refractivity contribution in [3.05, 3.63) is 29.6 Å². The van der Waals surface area contributed by atoms with Crippen LogP contribution < -0.4 is 0 Å². The van der Waals surface area contributed by atoms with Gasteiger partial charge in [-0.05, 0) is 18.6 Å². The van der Waals surface area contributed by atoms with Gasteiger partial charge in [-0.15, -0.1) is 0 Å². The molecule has 1 heterocycles. The molecule has 1 rings (SSSR count). The van der Waals surface area contributed by atoms with Gasteiger partial charge in [0.15, 0.2) is 0 Å². The highest BCUT2D eigenvalue weighted by Gasteiger charge is 1.99. The van der Waals surface area contributed by atoms with E-state index < -0.39 is 0 Å². The zero-order valence-corrected chi connectivity index (χ0v) is 9.83. The summed E-state index contributed by atoms with van der Waals surface area (Å²) in [6.45, 7) is 2.00. The van der Waals surface area contributed by atoms with Crippen molar-refractivity contribution < 1.29 is 0 Å². The SMILES string of the molecule is Cc1ccc(C(I)I)cn1. The van der Waals surface area contributed by atoms with Gasteiger partial charge in [-0.3, -0.25) is 4.98 Å². The highest BCUT2D eigenvalue weighted by Crippen LogP contribution is 2.29. The Bertz CT molecular complexity index is 205. The summed E-state index contributed by atoms with van der Waals surface area (Å²) in [6, 6.07) is 4.16. The lowest BCUT2D eigenvalue weighted by Gasteiger charge is -1.99. The molecule has 0 bridgehead atoms. The first-order valence-electron chi connectivity index (χ1n) is 2.91. The van der Waals surface area contributed by atoms with Crippen molar-refractivity contribution in [3.8, 4) is 0 Å². The third kappa shape index (κ3) is 2.34. The Balaban J connectivity index is 2.89. The molecule has 0 saturated heterocycles. The lowest BCUT2D eigenvalue weighted by Crippen LogP contribution is -1.84. The topological polar surface area (TPSA) is 12.9 Å². The van der Waals surface area contributed by atoms with Gasteiger partial charge in [0.1, 0.15) is 0 Å². The minimum Gasteiger partial charge on any atom is -0.261 e. The van der Waals surface area contributed by atoms with E-state index in [2.05, 4.69) is 56.2 Å². The molecular formula is C7H7I2N. The number of hydrogen-bond acceptors (Lipinski definition) is 1. The van der Waals surface area contributed by atoms with Gasteiger partial charge in [0.05, 0.1) is 1.93 Å². The number of rotatable bonds is 1. The van der Waals surface area contributed by atoms with Gasteiger partial charge in [-0.2, -0.15) is 0 Å². The summed E-state index contributed by atoms with van der Waals surface area (Å²) in [7, 11) is 0. The van der Waals surface area contributed by atoms with Crippen LogP contribution in [0.5, 0.6) is 0 Å². The summed E-state index contributed by atoms with van der Waals surface area (Å²) in [5, 5.41) is 0. The van der Waals surface area contributed by atoms with Crippen LogP contribution in [-0.2, 0) is 0 Å². The molecule has 1 aromatic rings. The molecule has 0 unspecified atom stereocenters. The molecule has 0 aliphatic carbocycles. The largest absolute Gasteiger partial charge is 0.261 e. The van der Waals surface area contributed by atoms with E-state index in [0.717, 1.165) is 5.69 Å². The lowest BCUT2D eigenvalue weighted by molar-refractivity contribution is 1.17. The maximum Gasteiger partial charge on any atom is 0.0889 e. The number of alkyl halides is 2. The number of aromatic nitrogens is 1. The Hall–Kier alpha value is 0.610. The average Bonchev–Trinajstić information content (AvgIpc) is 1.88. The molecule has 3 heteroatoms. The van der Waals surface area contributed by atoms with E-state index in [1.807, 2.05) is 19.2 Å². The van der Waals surface area contributed by atoms with Crippen LogP contribution >= 0.6 is 45.2 Å². The Morgan fingerprint density at radius 2 is 2.10 bits per heavy atom. The van der Waals surface area contributed by atoms with Gasteiger partial charge in [-0.25, -0.2) is 0 Å². The molecule has 1 nitrogen and oxygen atoms in total. The lowest BCUT2D eigenvalue weighted by atomic mass is 10.3. The Kier molecular flexibility index (Phi) is 3.35. The van der Waals surface area contributed by atoms with Gasteiger partial charge >= 0.3 is 0 Å². The summed E-state index contributed by atoms with van der Waals surface area (Å²) >= 11 is 4.73. The normalized spacial score (nSPS) is 10.4. The van der Waals surface area contributed by atoms with E-state index in [9.17, 15) is 0 Å². The van der Waals surface area contributed by atoms with Gasteiger partial charge in [0.25, 0.3) is 0 Å². The van der Waals surface area contributed by atoms with Crippen LogP contribution in [-0.4, -0.2) is 4.98 Å². The first kappa shape index (κ1) is 8.70. The van der Waals surface area contributed by atoms with Crippen molar-refractivity contribution in [1.82, 2.24) is 4.98 Å². The van der Waals surface area contributed by atoms with E-state index in [0.29, 0.717) is 1.93 Å². The summed E-state index contributed by atoms with van der Waals surface area (Å²) in [5.41, 5.74) is 2.36. The van der Waals surface area contributed by atoms with Crippen LogP contribution in [0, 0.1) is 6.92 Å².